The molecule has 1 heterocycles. The third kappa shape index (κ3) is 3.24. The van der Waals surface area contributed by atoms with E-state index in [1.165, 1.54) is 4.90 Å². The molecule has 132 valence electrons. The number of benzene rings is 2. The minimum atomic E-state index is -0.218. The van der Waals surface area contributed by atoms with Crippen molar-refractivity contribution in [3.05, 3.63) is 41.5 Å². The largest absolute Gasteiger partial charge is 0.385 e. The molecule has 0 fully saturated rings. The summed E-state index contributed by atoms with van der Waals surface area (Å²) in [6.07, 6.45) is 2.83. The number of methoxy groups -OCH3 is 1. The highest BCUT2D eigenvalue weighted by Gasteiger charge is 2.32. The van der Waals surface area contributed by atoms with E-state index in [1.54, 1.807) is 13.2 Å². The predicted octanol–water partition coefficient (Wildman–Crippen LogP) is 3.68. The first-order valence-electron chi connectivity index (χ1n) is 8.83. The molecule has 0 aliphatic carbocycles. The van der Waals surface area contributed by atoms with Crippen LogP contribution in [0, 0.1) is 0 Å². The molecule has 0 atom stereocenters. The monoisotopic (exact) mass is 340 g/mol. The molecule has 3 rings (SSSR count). The summed E-state index contributed by atoms with van der Waals surface area (Å²) < 4.78 is 5.04. The molecular formula is C20H24N2O3. The Morgan fingerprint density at radius 2 is 1.80 bits per heavy atom. The molecule has 25 heavy (non-hydrogen) atoms. The second-order valence-corrected chi connectivity index (χ2v) is 6.28. The number of nitrogens with one attached hydrogen (secondary N) is 1. The Balaban J connectivity index is 2.00. The standard InChI is InChI=1S/C20H24N2O3/c1-3-4-11-21-17-10-9-16-18-14(17)7-5-8-15(18)19(23)22(20(16)24)12-6-13-25-2/h5,7-10,21H,3-4,6,11-13H2,1-2H3. The molecule has 2 amide bonds. The van der Waals surface area contributed by atoms with Crippen molar-refractivity contribution < 1.29 is 14.3 Å². The second kappa shape index (κ2) is 7.66. The Morgan fingerprint density at radius 3 is 2.52 bits per heavy atom. The number of ether oxygens (including phenoxy) is 1. The Labute approximate surface area is 148 Å². The highest BCUT2D eigenvalue weighted by atomic mass is 16.5. The summed E-state index contributed by atoms with van der Waals surface area (Å²) in [5.41, 5.74) is 2.18. The molecule has 1 N–H and O–H groups in total. The first-order valence-corrected chi connectivity index (χ1v) is 8.83. The van der Waals surface area contributed by atoms with Crippen LogP contribution < -0.4 is 5.32 Å². The van der Waals surface area contributed by atoms with Crippen molar-refractivity contribution in [1.82, 2.24) is 4.90 Å². The fraction of sp³-hybridized carbons (Fsp3) is 0.400. The number of anilines is 1. The van der Waals surface area contributed by atoms with Crippen molar-refractivity contribution in [2.45, 2.75) is 26.2 Å². The summed E-state index contributed by atoms with van der Waals surface area (Å²) in [4.78, 5) is 27.0. The van der Waals surface area contributed by atoms with Gasteiger partial charge in [0.15, 0.2) is 0 Å². The lowest BCUT2D eigenvalue weighted by molar-refractivity contribution is 0.0595. The van der Waals surface area contributed by atoms with Gasteiger partial charge in [0.2, 0.25) is 0 Å². The van der Waals surface area contributed by atoms with Gasteiger partial charge < -0.3 is 10.1 Å². The van der Waals surface area contributed by atoms with Crippen LogP contribution in [0.2, 0.25) is 0 Å². The minimum absolute atomic E-state index is 0.218. The van der Waals surface area contributed by atoms with Crippen molar-refractivity contribution in [3.8, 4) is 0 Å². The Hall–Kier alpha value is -2.40. The zero-order valence-electron chi connectivity index (χ0n) is 14.8. The van der Waals surface area contributed by atoms with Gasteiger partial charge in [-0.25, -0.2) is 0 Å². The summed E-state index contributed by atoms with van der Waals surface area (Å²) in [6.45, 7) is 3.92. The highest BCUT2D eigenvalue weighted by Crippen LogP contribution is 2.34. The molecule has 0 bridgehead atoms. The number of amides is 2. The average molecular weight is 340 g/mol. The number of rotatable bonds is 8. The fourth-order valence-corrected chi connectivity index (χ4v) is 3.27. The maximum absolute atomic E-state index is 12.8. The van der Waals surface area contributed by atoms with Crippen LogP contribution in [0.5, 0.6) is 0 Å². The number of nitrogens with zero attached hydrogens (tertiary/aromatic N) is 1. The summed E-state index contributed by atoms with van der Waals surface area (Å²) in [6, 6.07) is 9.43. The van der Waals surface area contributed by atoms with Crippen LogP contribution in [0.15, 0.2) is 30.3 Å². The lowest BCUT2D eigenvalue weighted by atomic mass is 9.93. The normalized spacial score (nSPS) is 13.6. The topological polar surface area (TPSA) is 58.6 Å². The van der Waals surface area contributed by atoms with Crippen molar-refractivity contribution in [1.29, 1.82) is 0 Å². The predicted molar refractivity (Wildman–Crippen MR) is 99.2 cm³/mol. The van der Waals surface area contributed by atoms with Gasteiger partial charge in [-0.05, 0) is 31.0 Å². The molecule has 0 saturated carbocycles. The van der Waals surface area contributed by atoms with Crippen LogP contribution in [0.3, 0.4) is 0 Å². The Bertz CT molecular complexity index is 779. The molecule has 2 aromatic rings. The number of hydrogen-bond donors (Lipinski definition) is 1. The molecule has 1 aliphatic heterocycles. The molecule has 5 nitrogen and oxygen atoms in total. The van der Waals surface area contributed by atoms with Crippen molar-refractivity contribution >= 4 is 28.3 Å². The lowest BCUT2D eigenvalue weighted by Gasteiger charge is -2.27. The molecule has 0 spiro atoms. The number of unbranched alkanes of at least 4 members (excludes halogenated alkanes) is 1. The van der Waals surface area contributed by atoms with Gasteiger partial charge >= 0.3 is 0 Å². The van der Waals surface area contributed by atoms with Crippen LogP contribution in [0.1, 0.15) is 46.9 Å². The van der Waals surface area contributed by atoms with Crippen LogP contribution in [-0.4, -0.2) is 43.5 Å². The van der Waals surface area contributed by atoms with E-state index in [2.05, 4.69) is 12.2 Å². The third-order valence-corrected chi connectivity index (χ3v) is 4.57. The Morgan fingerprint density at radius 1 is 1.04 bits per heavy atom. The highest BCUT2D eigenvalue weighted by molar-refractivity contribution is 6.26. The lowest BCUT2D eigenvalue weighted by Crippen LogP contribution is -2.41. The number of carbonyl (C=O) groups excluding carboxylic acids is 2. The van der Waals surface area contributed by atoms with E-state index in [9.17, 15) is 9.59 Å². The zero-order valence-corrected chi connectivity index (χ0v) is 14.8. The Kier molecular flexibility index (Phi) is 5.34. The molecule has 0 unspecified atom stereocenters. The van der Waals surface area contributed by atoms with E-state index in [-0.39, 0.29) is 11.8 Å². The van der Waals surface area contributed by atoms with Gasteiger partial charge in [-0.3, -0.25) is 14.5 Å². The van der Waals surface area contributed by atoms with Gasteiger partial charge in [0.05, 0.1) is 0 Å². The first kappa shape index (κ1) is 17.4. The maximum atomic E-state index is 12.8. The van der Waals surface area contributed by atoms with Crippen LogP contribution >= 0.6 is 0 Å². The molecule has 0 radical (unpaired) electrons. The first-order chi connectivity index (χ1) is 12.2. The van der Waals surface area contributed by atoms with E-state index in [0.29, 0.717) is 30.7 Å². The molecule has 1 aliphatic rings. The van der Waals surface area contributed by atoms with Gasteiger partial charge in [-0.15, -0.1) is 0 Å². The van der Waals surface area contributed by atoms with E-state index >= 15 is 0 Å². The van der Waals surface area contributed by atoms with E-state index < -0.39 is 0 Å². The maximum Gasteiger partial charge on any atom is 0.261 e. The van der Waals surface area contributed by atoms with E-state index in [1.807, 2.05) is 24.3 Å². The van der Waals surface area contributed by atoms with E-state index in [4.69, 9.17) is 4.74 Å². The van der Waals surface area contributed by atoms with Crippen LogP contribution in [0.4, 0.5) is 5.69 Å². The summed E-state index contributed by atoms with van der Waals surface area (Å²) >= 11 is 0. The molecular weight excluding hydrogens is 316 g/mol. The zero-order chi connectivity index (χ0) is 17.8. The third-order valence-electron chi connectivity index (χ3n) is 4.57. The van der Waals surface area contributed by atoms with Gasteiger partial charge in [0.1, 0.15) is 0 Å². The van der Waals surface area contributed by atoms with Crippen LogP contribution in [0.25, 0.3) is 10.8 Å². The minimum Gasteiger partial charge on any atom is -0.385 e. The summed E-state index contributed by atoms with van der Waals surface area (Å²) in [5.74, 6) is -0.435. The SMILES string of the molecule is CCCCNc1ccc2c3c(cccc13)C(=O)N(CCCOC)C2=O. The van der Waals surface area contributed by atoms with Crippen molar-refractivity contribution in [3.63, 3.8) is 0 Å². The van der Waals surface area contributed by atoms with Gasteiger partial charge in [-0.2, -0.15) is 0 Å². The van der Waals surface area contributed by atoms with Gasteiger partial charge in [-0.1, -0.05) is 25.5 Å². The van der Waals surface area contributed by atoms with Gasteiger partial charge in [0, 0.05) is 54.4 Å². The van der Waals surface area contributed by atoms with Gasteiger partial charge in [0.25, 0.3) is 11.8 Å². The molecule has 0 saturated heterocycles. The average Bonchev–Trinajstić information content (AvgIpc) is 2.63. The summed E-state index contributed by atoms with van der Waals surface area (Å²) in [7, 11) is 1.61. The van der Waals surface area contributed by atoms with Crippen molar-refractivity contribution in [2.24, 2.45) is 0 Å². The number of hydrogen-bond acceptors (Lipinski definition) is 4. The number of carbonyl (C=O) groups is 2. The van der Waals surface area contributed by atoms with Crippen molar-refractivity contribution in [2.75, 3.05) is 32.1 Å². The quantitative estimate of drug-likeness (QED) is 0.588. The van der Waals surface area contributed by atoms with Crippen LogP contribution in [-0.2, 0) is 4.74 Å². The number of imide groups is 1. The van der Waals surface area contributed by atoms with E-state index in [0.717, 1.165) is 35.8 Å². The second-order valence-electron chi connectivity index (χ2n) is 6.28. The fourth-order valence-electron chi connectivity index (χ4n) is 3.27. The molecule has 2 aromatic carbocycles. The molecule has 5 heteroatoms. The summed E-state index contributed by atoms with van der Waals surface area (Å²) in [5, 5.41) is 5.12. The molecule has 0 aromatic heterocycles. The smallest absolute Gasteiger partial charge is 0.261 e.